The SMILES string of the molecule is O=C(c1ccccc1)C1(O)c2ccccc2-c2ccccc21. The van der Waals surface area contributed by atoms with Gasteiger partial charge in [-0.2, -0.15) is 0 Å². The summed E-state index contributed by atoms with van der Waals surface area (Å²) in [6.07, 6.45) is 0. The highest BCUT2D eigenvalue weighted by molar-refractivity contribution is 6.09. The van der Waals surface area contributed by atoms with Gasteiger partial charge < -0.3 is 5.11 Å². The number of hydrogen-bond donors (Lipinski definition) is 1. The van der Waals surface area contributed by atoms with Crippen molar-refractivity contribution in [1.29, 1.82) is 0 Å². The van der Waals surface area contributed by atoms with E-state index in [-0.39, 0.29) is 5.78 Å². The van der Waals surface area contributed by atoms with E-state index in [9.17, 15) is 9.90 Å². The number of rotatable bonds is 2. The minimum Gasteiger partial charge on any atom is -0.373 e. The lowest BCUT2D eigenvalue weighted by molar-refractivity contribution is 0.0505. The lowest BCUT2D eigenvalue weighted by Crippen LogP contribution is -2.35. The fraction of sp³-hybridized carbons (Fsp3) is 0.0500. The number of carbonyl (C=O) groups is 1. The molecule has 0 radical (unpaired) electrons. The van der Waals surface area contributed by atoms with E-state index in [0.717, 1.165) is 11.1 Å². The van der Waals surface area contributed by atoms with Crippen LogP contribution in [-0.2, 0) is 5.60 Å². The fourth-order valence-electron chi connectivity index (χ4n) is 3.26. The first-order valence-electron chi connectivity index (χ1n) is 7.24. The Morgan fingerprint density at radius 2 is 1.14 bits per heavy atom. The van der Waals surface area contributed by atoms with Crippen LogP contribution in [0.2, 0.25) is 0 Å². The topological polar surface area (TPSA) is 37.3 Å². The Kier molecular flexibility index (Phi) is 2.75. The molecule has 4 rings (SSSR count). The van der Waals surface area contributed by atoms with Gasteiger partial charge in [-0.25, -0.2) is 0 Å². The lowest BCUT2D eigenvalue weighted by Gasteiger charge is -2.24. The van der Waals surface area contributed by atoms with E-state index in [4.69, 9.17) is 0 Å². The average Bonchev–Trinajstić information content (AvgIpc) is 2.86. The van der Waals surface area contributed by atoms with Gasteiger partial charge in [0.15, 0.2) is 5.60 Å². The van der Waals surface area contributed by atoms with Crippen LogP contribution in [0.5, 0.6) is 0 Å². The van der Waals surface area contributed by atoms with Gasteiger partial charge in [0.05, 0.1) is 0 Å². The standard InChI is InChI=1S/C20H14O2/c21-19(14-8-2-1-3-9-14)20(22)17-12-6-4-10-15(17)16-11-5-7-13-18(16)20/h1-13,22H. The van der Waals surface area contributed by atoms with Gasteiger partial charge in [-0.15, -0.1) is 0 Å². The first-order chi connectivity index (χ1) is 10.7. The molecule has 0 saturated carbocycles. The summed E-state index contributed by atoms with van der Waals surface area (Å²) in [6, 6.07) is 24.1. The maximum Gasteiger partial charge on any atom is 0.203 e. The molecule has 1 aliphatic rings. The number of ketones is 1. The molecule has 0 bridgehead atoms. The van der Waals surface area contributed by atoms with E-state index in [1.165, 1.54) is 0 Å². The van der Waals surface area contributed by atoms with Crippen molar-refractivity contribution in [2.45, 2.75) is 5.60 Å². The molecule has 106 valence electrons. The Balaban J connectivity index is 2.00. The van der Waals surface area contributed by atoms with Crippen molar-refractivity contribution in [2.24, 2.45) is 0 Å². The molecule has 3 aromatic carbocycles. The third-order valence-corrected chi connectivity index (χ3v) is 4.29. The predicted octanol–water partition coefficient (Wildman–Crippen LogP) is 3.79. The third-order valence-electron chi connectivity index (χ3n) is 4.29. The van der Waals surface area contributed by atoms with Gasteiger partial charge in [-0.3, -0.25) is 4.79 Å². The summed E-state index contributed by atoms with van der Waals surface area (Å²) in [5, 5.41) is 11.4. The predicted molar refractivity (Wildman–Crippen MR) is 85.6 cm³/mol. The molecule has 1 N–H and O–H groups in total. The molecule has 3 aromatic rings. The first kappa shape index (κ1) is 13.0. The molecule has 0 atom stereocenters. The van der Waals surface area contributed by atoms with Crippen LogP contribution in [0.4, 0.5) is 0 Å². The van der Waals surface area contributed by atoms with Gasteiger partial charge in [0, 0.05) is 16.7 Å². The molecule has 0 amide bonds. The van der Waals surface area contributed by atoms with Gasteiger partial charge in [0.2, 0.25) is 5.78 Å². The summed E-state index contributed by atoms with van der Waals surface area (Å²) in [6.45, 7) is 0. The zero-order valence-corrected chi connectivity index (χ0v) is 11.9. The average molecular weight is 286 g/mol. The van der Waals surface area contributed by atoms with Crippen LogP contribution in [-0.4, -0.2) is 10.9 Å². The highest BCUT2D eigenvalue weighted by Gasteiger charge is 2.47. The molecule has 22 heavy (non-hydrogen) atoms. The van der Waals surface area contributed by atoms with Crippen LogP contribution < -0.4 is 0 Å². The molecule has 0 spiro atoms. The smallest absolute Gasteiger partial charge is 0.203 e. The fourth-order valence-corrected chi connectivity index (χ4v) is 3.26. The maximum absolute atomic E-state index is 13.0. The van der Waals surface area contributed by atoms with E-state index in [0.29, 0.717) is 16.7 Å². The number of carbonyl (C=O) groups excluding carboxylic acids is 1. The van der Waals surface area contributed by atoms with Crippen molar-refractivity contribution in [3.05, 3.63) is 95.6 Å². The number of benzene rings is 3. The van der Waals surface area contributed by atoms with Crippen molar-refractivity contribution in [3.8, 4) is 11.1 Å². The molecular formula is C20H14O2. The highest BCUT2D eigenvalue weighted by atomic mass is 16.3. The zero-order valence-electron chi connectivity index (χ0n) is 11.9. The largest absolute Gasteiger partial charge is 0.373 e. The van der Waals surface area contributed by atoms with Gasteiger partial charge in [0.1, 0.15) is 0 Å². The maximum atomic E-state index is 13.0. The second-order valence-electron chi connectivity index (χ2n) is 5.50. The lowest BCUT2D eigenvalue weighted by atomic mass is 9.84. The molecular weight excluding hydrogens is 272 g/mol. The van der Waals surface area contributed by atoms with Crippen LogP contribution in [0.3, 0.4) is 0 Å². The number of Topliss-reactive ketones (excluding diaryl/α,β-unsaturated/α-hetero) is 1. The molecule has 0 heterocycles. The molecule has 0 aliphatic heterocycles. The van der Waals surface area contributed by atoms with Crippen LogP contribution in [0, 0.1) is 0 Å². The van der Waals surface area contributed by atoms with E-state index < -0.39 is 5.60 Å². The molecule has 2 heteroatoms. The number of aliphatic hydroxyl groups is 1. The summed E-state index contributed by atoms with van der Waals surface area (Å²) in [5.41, 5.74) is 2.05. The van der Waals surface area contributed by atoms with E-state index in [1.807, 2.05) is 66.7 Å². The Hall–Kier alpha value is -2.71. The molecule has 0 aromatic heterocycles. The minimum atomic E-state index is -1.62. The summed E-state index contributed by atoms with van der Waals surface area (Å²) in [5.74, 6) is -0.287. The summed E-state index contributed by atoms with van der Waals surface area (Å²) in [4.78, 5) is 13.0. The van der Waals surface area contributed by atoms with E-state index in [1.54, 1.807) is 12.1 Å². The van der Waals surface area contributed by atoms with Crippen molar-refractivity contribution < 1.29 is 9.90 Å². The van der Waals surface area contributed by atoms with Gasteiger partial charge >= 0.3 is 0 Å². The van der Waals surface area contributed by atoms with Gasteiger partial charge in [0.25, 0.3) is 0 Å². The molecule has 0 unspecified atom stereocenters. The summed E-state index contributed by atoms with van der Waals surface area (Å²) >= 11 is 0. The Morgan fingerprint density at radius 1 is 0.682 bits per heavy atom. The van der Waals surface area contributed by atoms with Gasteiger partial charge in [-0.05, 0) is 11.1 Å². The second-order valence-corrected chi connectivity index (χ2v) is 5.50. The second kappa shape index (κ2) is 4.65. The Morgan fingerprint density at radius 3 is 1.68 bits per heavy atom. The van der Waals surface area contributed by atoms with E-state index in [2.05, 4.69) is 0 Å². The minimum absolute atomic E-state index is 0.287. The van der Waals surface area contributed by atoms with Gasteiger partial charge in [-0.1, -0.05) is 78.9 Å². The van der Waals surface area contributed by atoms with Crippen molar-refractivity contribution in [3.63, 3.8) is 0 Å². The molecule has 0 saturated heterocycles. The van der Waals surface area contributed by atoms with E-state index >= 15 is 0 Å². The van der Waals surface area contributed by atoms with Crippen LogP contribution >= 0.6 is 0 Å². The van der Waals surface area contributed by atoms with Crippen LogP contribution in [0.1, 0.15) is 21.5 Å². The third kappa shape index (κ3) is 1.62. The molecule has 1 aliphatic carbocycles. The highest BCUT2D eigenvalue weighted by Crippen LogP contribution is 2.48. The van der Waals surface area contributed by atoms with Crippen molar-refractivity contribution in [1.82, 2.24) is 0 Å². The quantitative estimate of drug-likeness (QED) is 0.728. The Bertz CT molecular complexity index is 820. The Labute approximate surface area is 128 Å². The van der Waals surface area contributed by atoms with Crippen molar-refractivity contribution >= 4 is 5.78 Å². The zero-order chi connectivity index (χ0) is 15.2. The first-order valence-corrected chi connectivity index (χ1v) is 7.24. The number of fused-ring (bicyclic) bond motifs is 3. The molecule has 2 nitrogen and oxygen atoms in total. The van der Waals surface area contributed by atoms with Crippen LogP contribution in [0.15, 0.2) is 78.9 Å². The molecule has 0 fully saturated rings. The van der Waals surface area contributed by atoms with Crippen molar-refractivity contribution in [2.75, 3.05) is 0 Å². The number of hydrogen-bond acceptors (Lipinski definition) is 2. The monoisotopic (exact) mass is 286 g/mol. The summed E-state index contributed by atoms with van der Waals surface area (Å²) < 4.78 is 0. The van der Waals surface area contributed by atoms with Crippen LogP contribution in [0.25, 0.3) is 11.1 Å². The summed E-state index contributed by atoms with van der Waals surface area (Å²) in [7, 11) is 0. The normalized spacial score (nSPS) is 14.2.